The summed E-state index contributed by atoms with van der Waals surface area (Å²) in [5.41, 5.74) is 3.97. The largest absolute Gasteiger partial charge is 0.452 e. The van der Waals surface area contributed by atoms with Crippen molar-refractivity contribution < 1.29 is 9.53 Å². The summed E-state index contributed by atoms with van der Waals surface area (Å²) in [7, 11) is 1.38. The first-order valence-corrected chi connectivity index (χ1v) is 7.92. The van der Waals surface area contributed by atoms with E-state index in [1.54, 1.807) is 11.2 Å². The van der Waals surface area contributed by atoms with Gasteiger partial charge in [0.25, 0.3) is 0 Å². The molecule has 7 heteroatoms. The standard InChI is InChI=1S/C16H19ClN4O2/c1-3-21(16(22)23-2)12-6-14(17)13-4-5-20(15(13)7-12)9-11-8-18-10-19-11/h6-8,10H,3-5,9H2,1-2H3,(H,18,19). The Hall–Kier alpha value is -2.21. The second kappa shape index (κ2) is 6.50. The van der Waals surface area contributed by atoms with Crippen LogP contribution in [0.15, 0.2) is 24.7 Å². The zero-order chi connectivity index (χ0) is 16.4. The fourth-order valence-corrected chi connectivity index (χ4v) is 3.23. The van der Waals surface area contributed by atoms with Gasteiger partial charge in [-0.25, -0.2) is 9.78 Å². The van der Waals surface area contributed by atoms with Crippen LogP contribution in [-0.2, 0) is 17.7 Å². The number of carbonyl (C=O) groups excluding carboxylic acids is 1. The van der Waals surface area contributed by atoms with Gasteiger partial charge in [-0.1, -0.05) is 11.6 Å². The number of anilines is 2. The van der Waals surface area contributed by atoms with E-state index in [-0.39, 0.29) is 6.09 Å². The molecule has 2 aromatic rings. The average molecular weight is 335 g/mol. The monoisotopic (exact) mass is 334 g/mol. The molecule has 0 spiro atoms. The van der Waals surface area contributed by atoms with Crippen LogP contribution in [0.5, 0.6) is 0 Å². The van der Waals surface area contributed by atoms with Crippen LogP contribution in [-0.4, -0.2) is 36.3 Å². The van der Waals surface area contributed by atoms with Gasteiger partial charge in [0.1, 0.15) is 0 Å². The van der Waals surface area contributed by atoms with Gasteiger partial charge in [-0.2, -0.15) is 0 Å². The maximum absolute atomic E-state index is 11.9. The average Bonchev–Trinajstić information content (AvgIpc) is 3.19. The van der Waals surface area contributed by atoms with Gasteiger partial charge in [0.15, 0.2) is 0 Å². The maximum atomic E-state index is 11.9. The van der Waals surface area contributed by atoms with Crippen molar-refractivity contribution in [3.05, 3.63) is 40.9 Å². The Morgan fingerprint density at radius 2 is 2.35 bits per heavy atom. The molecule has 1 aromatic carbocycles. The molecule has 0 fully saturated rings. The van der Waals surface area contributed by atoms with E-state index in [0.29, 0.717) is 11.6 Å². The van der Waals surface area contributed by atoms with E-state index < -0.39 is 0 Å². The number of amides is 1. The molecular formula is C16H19ClN4O2. The molecule has 1 aliphatic rings. The van der Waals surface area contributed by atoms with Crippen molar-refractivity contribution in [2.75, 3.05) is 30.0 Å². The molecule has 1 N–H and O–H groups in total. The van der Waals surface area contributed by atoms with Gasteiger partial charge >= 0.3 is 6.09 Å². The summed E-state index contributed by atoms with van der Waals surface area (Å²) < 4.78 is 4.85. The summed E-state index contributed by atoms with van der Waals surface area (Å²) in [5, 5.41) is 0.687. The Morgan fingerprint density at radius 1 is 1.52 bits per heavy atom. The highest BCUT2D eigenvalue weighted by Crippen LogP contribution is 2.38. The predicted octanol–water partition coefficient (Wildman–Crippen LogP) is 3.22. The molecular weight excluding hydrogens is 316 g/mol. The van der Waals surface area contributed by atoms with E-state index in [1.165, 1.54) is 7.11 Å². The van der Waals surface area contributed by atoms with E-state index in [1.807, 2.05) is 25.3 Å². The lowest BCUT2D eigenvalue weighted by Gasteiger charge is -2.23. The van der Waals surface area contributed by atoms with Crippen LogP contribution in [0.4, 0.5) is 16.2 Å². The van der Waals surface area contributed by atoms with Crippen LogP contribution in [0.2, 0.25) is 5.02 Å². The Bertz CT molecular complexity index is 702. The molecule has 0 saturated carbocycles. The third kappa shape index (κ3) is 2.99. The first kappa shape index (κ1) is 15.7. The lowest BCUT2D eigenvalue weighted by Crippen LogP contribution is -2.30. The molecule has 1 amide bonds. The van der Waals surface area contributed by atoms with Crippen molar-refractivity contribution in [3.63, 3.8) is 0 Å². The third-order valence-electron chi connectivity index (χ3n) is 4.07. The van der Waals surface area contributed by atoms with Crippen molar-refractivity contribution in [3.8, 4) is 0 Å². The number of carbonyl (C=O) groups is 1. The van der Waals surface area contributed by atoms with E-state index in [0.717, 1.165) is 42.1 Å². The zero-order valence-electron chi connectivity index (χ0n) is 13.2. The second-order valence-corrected chi connectivity index (χ2v) is 5.80. The highest BCUT2D eigenvalue weighted by atomic mass is 35.5. The predicted molar refractivity (Wildman–Crippen MR) is 90.2 cm³/mol. The van der Waals surface area contributed by atoms with Crippen LogP contribution >= 0.6 is 11.6 Å². The summed E-state index contributed by atoms with van der Waals surface area (Å²) in [5.74, 6) is 0. The number of H-pyrrole nitrogens is 1. The second-order valence-electron chi connectivity index (χ2n) is 5.39. The number of benzene rings is 1. The normalized spacial score (nSPS) is 13.1. The smallest absolute Gasteiger partial charge is 0.413 e. The van der Waals surface area contributed by atoms with Gasteiger partial charge in [-0.15, -0.1) is 0 Å². The fraction of sp³-hybridized carbons (Fsp3) is 0.375. The summed E-state index contributed by atoms with van der Waals surface area (Å²) in [6, 6.07) is 3.84. The minimum absolute atomic E-state index is 0.387. The van der Waals surface area contributed by atoms with Crippen LogP contribution in [0.25, 0.3) is 0 Å². The zero-order valence-corrected chi connectivity index (χ0v) is 13.9. The van der Waals surface area contributed by atoms with Crippen molar-refractivity contribution in [2.45, 2.75) is 19.9 Å². The number of hydrogen-bond donors (Lipinski definition) is 1. The van der Waals surface area contributed by atoms with Crippen LogP contribution in [0.3, 0.4) is 0 Å². The SMILES string of the molecule is CCN(C(=O)OC)c1cc(Cl)c2c(c1)N(Cc1cnc[nH]1)CC2. The Morgan fingerprint density at radius 3 is 3.00 bits per heavy atom. The van der Waals surface area contributed by atoms with Gasteiger partial charge in [-0.05, 0) is 31.0 Å². The highest BCUT2D eigenvalue weighted by Gasteiger charge is 2.25. The van der Waals surface area contributed by atoms with Crippen LogP contribution in [0, 0.1) is 0 Å². The first-order valence-electron chi connectivity index (χ1n) is 7.54. The molecule has 0 unspecified atom stereocenters. The number of imidazole rings is 1. The number of ether oxygens (including phenoxy) is 1. The first-order chi connectivity index (χ1) is 11.1. The minimum Gasteiger partial charge on any atom is -0.452 e. The van der Waals surface area contributed by atoms with Gasteiger partial charge in [0, 0.05) is 30.0 Å². The molecule has 23 heavy (non-hydrogen) atoms. The summed E-state index contributed by atoms with van der Waals surface area (Å²) in [4.78, 5) is 22.9. The highest BCUT2D eigenvalue weighted by molar-refractivity contribution is 6.32. The Kier molecular flexibility index (Phi) is 4.43. The van der Waals surface area contributed by atoms with E-state index in [2.05, 4.69) is 14.9 Å². The van der Waals surface area contributed by atoms with Crippen molar-refractivity contribution in [2.24, 2.45) is 0 Å². The number of rotatable bonds is 4. The van der Waals surface area contributed by atoms with Crippen molar-refractivity contribution in [1.82, 2.24) is 9.97 Å². The van der Waals surface area contributed by atoms with E-state index in [4.69, 9.17) is 16.3 Å². The summed E-state index contributed by atoms with van der Waals surface area (Å²) in [6.07, 6.45) is 4.00. The number of aromatic nitrogens is 2. The number of fused-ring (bicyclic) bond motifs is 1. The van der Waals surface area contributed by atoms with E-state index in [9.17, 15) is 4.79 Å². The maximum Gasteiger partial charge on any atom is 0.413 e. The van der Waals surface area contributed by atoms with E-state index >= 15 is 0 Å². The van der Waals surface area contributed by atoms with Gasteiger partial charge < -0.3 is 14.6 Å². The molecule has 0 bridgehead atoms. The molecule has 2 heterocycles. The molecule has 0 saturated heterocycles. The molecule has 122 valence electrons. The molecule has 0 aliphatic carbocycles. The molecule has 0 radical (unpaired) electrons. The quantitative estimate of drug-likeness (QED) is 0.932. The van der Waals surface area contributed by atoms with Crippen molar-refractivity contribution >= 4 is 29.1 Å². The van der Waals surface area contributed by atoms with Gasteiger partial charge in [0.05, 0.1) is 31.4 Å². The molecule has 1 aliphatic heterocycles. The summed E-state index contributed by atoms with van der Waals surface area (Å²) >= 11 is 6.45. The number of hydrogen-bond acceptors (Lipinski definition) is 4. The van der Waals surface area contributed by atoms with Crippen molar-refractivity contribution in [1.29, 1.82) is 0 Å². The number of nitrogens with one attached hydrogen (secondary N) is 1. The minimum atomic E-state index is -0.387. The molecule has 6 nitrogen and oxygen atoms in total. The topological polar surface area (TPSA) is 61.5 Å². The third-order valence-corrected chi connectivity index (χ3v) is 4.41. The molecule has 0 atom stereocenters. The number of halogens is 1. The van der Waals surface area contributed by atoms with Crippen LogP contribution < -0.4 is 9.80 Å². The Labute approximate surface area is 140 Å². The number of methoxy groups -OCH3 is 1. The molecule has 1 aromatic heterocycles. The molecule has 3 rings (SSSR count). The fourth-order valence-electron chi connectivity index (χ4n) is 2.93. The Balaban J connectivity index is 1.94. The summed E-state index contributed by atoms with van der Waals surface area (Å²) in [6.45, 7) is 4.04. The van der Waals surface area contributed by atoms with Gasteiger partial charge in [-0.3, -0.25) is 4.90 Å². The number of aromatic amines is 1. The lowest BCUT2D eigenvalue weighted by molar-refractivity contribution is 0.179. The van der Waals surface area contributed by atoms with Crippen LogP contribution in [0.1, 0.15) is 18.2 Å². The number of nitrogens with zero attached hydrogens (tertiary/aromatic N) is 3. The lowest BCUT2D eigenvalue weighted by atomic mass is 10.1. The van der Waals surface area contributed by atoms with Gasteiger partial charge in [0.2, 0.25) is 0 Å².